The van der Waals surface area contributed by atoms with Gasteiger partial charge < -0.3 is 14.3 Å². The summed E-state index contributed by atoms with van der Waals surface area (Å²) in [7, 11) is 2.08. The summed E-state index contributed by atoms with van der Waals surface area (Å²) in [5.74, 6) is 0.525. The van der Waals surface area contributed by atoms with Gasteiger partial charge in [-0.25, -0.2) is 0 Å². The fourth-order valence-electron chi connectivity index (χ4n) is 3.38. The van der Waals surface area contributed by atoms with Crippen LogP contribution in [0.5, 0.6) is 0 Å². The molecule has 1 saturated heterocycles. The van der Waals surface area contributed by atoms with Crippen LogP contribution in [0, 0.1) is 0 Å². The molecule has 4 rings (SSSR count). The van der Waals surface area contributed by atoms with Gasteiger partial charge in [0.25, 0.3) is 5.91 Å². The number of likely N-dealkylation sites (N-methyl/N-ethyl adjacent to an activating group) is 1. The lowest BCUT2D eigenvalue weighted by Gasteiger charge is -2.40. The number of carbonyl (C=O) groups excluding carboxylic acids is 1. The molecule has 0 N–H and O–H groups in total. The monoisotopic (exact) mass is 347 g/mol. The Morgan fingerprint density at radius 2 is 1.73 bits per heavy atom. The number of piperazine rings is 1. The zero-order chi connectivity index (χ0) is 17.9. The normalized spacial score (nSPS) is 18.0. The topological polar surface area (TPSA) is 49.6 Å². The molecule has 2 aromatic carbocycles. The van der Waals surface area contributed by atoms with Crippen molar-refractivity contribution >= 4 is 5.91 Å². The molecular formula is C21H21N3O2. The van der Waals surface area contributed by atoms with Crippen LogP contribution in [0.3, 0.4) is 0 Å². The lowest BCUT2D eigenvalue weighted by atomic mass is 10.0. The Morgan fingerprint density at radius 3 is 2.46 bits per heavy atom. The first-order valence-corrected chi connectivity index (χ1v) is 8.79. The van der Waals surface area contributed by atoms with Gasteiger partial charge in [-0.2, -0.15) is 0 Å². The Kier molecular flexibility index (Phi) is 4.54. The number of amides is 1. The summed E-state index contributed by atoms with van der Waals surface area (Å²) < 4.78 is 5.42. The molecule has 26 heavy (non-hydrogen) atoms. The van der Waals surface area contributed by atoms with Crippen LogP contribution in [0.1, 0.15) is 22.1 Å². The number of hydrogen-bond acceptors (Lipinski definition) is 4. The summed E-state index contributed by atoms with van der Waals surface area (Å²) in [4.78, 5) is 17.3. The number of benzene rings is 2. The number of hydrogen-bond donors (Lipinski definition) is 0. The van der Waals surface area contributed by atoms with Crippen LogP contribution >= 0.6 is 0 Å². The fourth-order valence-corrected chi connectivity index (χ4v) is 3.38. The van der Waals surface area contributed by atoms with E-state index >= 15 is 0 Å². The summed E-state index contributed by atoms with van der Waals surface area (Å²) in [6.07, 6.45) is 0. The van der Waals surface area contributed by atoms with Crippen molar-refractivity contribution in [2.45, 2.75) is 6.04 Å². The molecule has 3 aromatic rings. The zero-order valence-corrected chi connectivity index (χ0v) is 14.7. The Bertz CT molecular complexity index is 877. The van der Waals surface area contributed by atoms with E-state index < -0.39 is 0 Å². The summed E-state index contributed by atoms with van der Waals surface area (Å²) in [5, 5.41) is 4.04. The number of rotatable bonds is 3. The van der Waals surface area contributed by atoms with Crippen LogP contribution in [0.15, 0.2) is 71.3 Å². The second kappa shape index (κ2) is 7.14. The first kappa shape index (κ1) is 16.5. The van der Waals surface area contributed by atoms with Crippen molar-refractivity contribution in [2.75, 3.05) is 26.7 Å². The summed E-state index contributed by atoms with van der Waals surface area (Å²) in [6, 6.07) is 21.6. The minimum absolute atomic E-state index is 0.0133. The zero-order valence-electron chi connectivity index (χ0n) is 14.7. The Morgan fingerprint density at radius 1 is 1.04 bits per heavy atom. The van der Waals surface area contributed by atoms with Crippen LogP contribution in [0.25, 0.3) is 11.3 Å². The van der Waals surface area contributed by atoms with E-state index in [1.54, 1.807) is 6.07 Å². The minimum atomic E-state index is -0.0853. The number of aromatic nitrogens is 1. The molecule has 0 unspecified atom stereocenters. The largest absolute Gasteiger partial charge is 0.355 e. The van der Waals surface area contributed by atoms with Crippen LogP contribution in [0.4, 0.5) is 0 Å². The van der Waals surface area contributed by atoms with Crippen LogP contribution in [-0.2, 0) is 0 Å². The van der Waals surface area contributed by atoms with E-state index in [4.69, 9.17) is 4.52 Å². The second-order valence-electron chi connectivity index (χ2n) is 6.63. The van der Waals surface area contributed by atoms with Crippen molar-refractivity contribution in [3.05, 3.63) is 78.0 Å². The third kappa shape index (κ3) is 3.26. The highest BCUT2D eigenvalue weighted by molar-refractivity contribution is 5.93. The molecule has 0 spiro atoms. The van der Waals surface area contributed by atoms with Crippen molar-refractivity contribution in [1.82, 2.24) is 15.0 Å². The molecule has 1 fully saturated rings. The van der Waals surface area contributed by atoms with E-state index in [0.29, 0.717) is 18.0 Å². The van der Waals surface area contributed by atoms with E-state index in [-0.39, 0.29) is 11.9 Å². The molecular weight excluding hydrogens is 326 g/mol. The van der Waals surface area contributed by atoms with Gasteiger partial charge in [-0.1, -0.05) is 65.8 Å². The minimum Gasteiger partial charge on any atom is -0.355 e. The summed E-state index contributed by atoms with van der Waals surface area (Å²) >= 11 is 0. The predicted molar refractivity (Wildman–Crippen MR) is 99.7 cm³/mol. The summed E-state index contributed by atoms with van der Waals surface area (Å²) in [6.45, 7) is 2.32. The van der Waals surface area contributed by atoms with Crippen LogP contribution in [-0.4, -0.2) is 47.5 Å². The van der Waals surface area contributed by atoms with Gasteiger partial charge in [-0.15, -0.1) is 0 Å². The first-order chi connectivity index (χ1) is 12.7. The molecule has 0 aliphatic carbocycles. The smallest absolute Gasteiger partial charge is 0.276 e. The average molecular weight is 347 g/mol. The molecule has 1 aliphatic rings. The first-order valence-electron chi connectivity index (χ1n) is 8.79. The Labute approximate surface area is 152 Å². The van der Waals surface area contributed by atoms with E-state index in [9.17, 15) is 4.79 Å². The van der Waals surface area contributed by atoms with E-state index in [2.05, 4.69) is 29.2 Å². The molecule has 0 saturated carbocycles. The maximum Gasteiger partial charge on any atom is 0.276 e. The van der Waals surface area contributed by atoms with Gasteiger partial charge in [0.1, 0.15) is 0 Å². The van der Waals surface area contributed by atoms with Gasteiger partial charge in [-0.05, 0) is 12.6 Å². The molecule has 1 aliphatic heterocycles. The lowest BCUT2D eigenvalue weighted by molar-refractivity contribution is 0.0488. The third-order valence-electron chi connectivity index (χ3n) is 4.82. The Balaban J connectivity index is 1.61. The Hall–Kier alpha value is -2.92. The van der Waals surface area contributed by atoms with E-state index in [0.717, 1.165) is 24.2 Å². The van der Waals surface area contributed by atoms with Gasteiger partial charge in [0, 0.05) is 31.3 Å². The van der Waals surface area contributed by atoms with Gasteiger partial charge in [0.05, 0.1) is 6.04 Å². The highest BCUT2D eigenvalue weighted by Gasteiger charge is 2.32. The maximum atomic E-state index is 13.1. The molecule has 0 bridgehead atoms. The SMILES string of the molecule is CN1CCN(C(=O)c2cc(-c3ccccc3)on2)[C@@H](c2ccccc2)C1. The molecule has 2 heterocycles. The van der Waals surface area contributed by atoms with Gasteiger partial charge >= 0.3 is 0 Å². The molecule has 1 atom stereocenters. The van der Waals surface area contributed by atoms with Crippen molar-refractivity contribution in [3.8, 4) is 11.3 Å². The average Bonchev–Trinajstić information content (AvgIpc) is 3.19. The highest BCUT2D eigenvalue weighted by Crippen LogP contribution is 2.27. The molecule has 0 radical (unpaired) electrons. The second-order valence-corrected chi connectivity index (χ2v) is 6.63. The summed E-state index contributed by atoms with van der Waals surface area (Å²) in [5.41, 5.74) is 2.41. The van der Waals surface area contributed by atoms with Crippen LogP contribution < -0.4 is 0 Å². The third-order valence-corrected chi connectivity index (χ3v) is 4.82. The van der Waals surface area contributed by atoms with Crippen molar-refractivity contribution < 1.29 is 9.32 Å². The standard InChI is InChI=1S/C21H21N3O2/c1-23-12-13-24(19(15-23)16-8-4-2-5-9-16)21(25)18-14-20(26-22-18)17-10-6-3-7-11-17/h2-11,14,19H,12-13,15H2,1H3/t19-/m1/s1. The van der Waals surface area contributed by atoms with E-state index in [1.807, 2.05) is 53.4 Å². The molecule has 1 aromatic heterocycles. The predicted octanol–water partition coefficient (Wildman–Crippen LogP) is 3.47. The van der Waals surface area contributed by atoms with E-state index in [1.165, 1.54) is 0 Å². The quantitative estimate of drug-likeness (QED) is 0.728. The lowest BCUT2D eigenvalue weighted by Crippen LogP contribution is -2.49. The highest BCUT2D eigenvalue weighted by atomic mass is 16.5. The van der Waals surface area contributed by atoms with Crippen molar-refractivity contribution in [2.24, 2.45) is 0 Å². The molecule has 5 heteroatoms. The number of nitrogens with zero attached hydrogens (tertiary/aromatic N) is 3. The van der Waals surface area contributed by atoms with Gasteiger partial charge in [0.15, 0.2) is 11.5 Å². The van der Waals surface area contributed by atoms with Gasteiger partial charge in [-0.3, -0.25) is 4.79 Å². The number of carbonyl (C=O) groups is 1. The molecule has 1 amide bonds. The maximum absolute atomic E-state index is 13.1. The van der Waals surface area contributed by atoms with Crippen LogP contribution in [0.2, 0.25) is 0 Å². The molecule has 132 valence electrons. The van der Waals surface area contributed by atoms with Crippen molar-refractivity contribution in [1.29, 1.82) is 0 Å². The van der Waals surface area contributed by atoms with Crippen molar-refractivity contribution in [3.63, 3.8) is 0 Å². The molecule has 5 nitrogen and oxygen atoms in total. The fraction of sp³-hybridized carbons (Fsp3) is 0.238. The van der Waals surface area contributed by atoms with Gasteiger partial charge in [0.2, 0.25) is 0 Å².